The van der Waals surface area contributed by atoms with Gasteiger partial charge in [0.15, 0.2) is 0 Å². The molecular weight excluding hydrogens is 252 g/mol. The fourth-order valence-electron chi connectivity index (χ4n) is 2.36. The largest absolute Gasteiger partial charge is 0.501 e. The van der Waals surface area contributed by atoms with Crippen LogP contribution in [0.3, 0.4) is 0 Å². The molecule has 0 N–H and O–H groups in total. The molecular formula is C17H22O3. The smallest absolute Gasteiger partial charge is 0.1000 e. The van der Waals surface area contributed by atoms with Gasteiger partial charge in [-0.1, -0.05) is 37.3 Å². The zero-order valence-electron chi connectivity index (χ0n) is 12.4. The monoisotopic (exact) mass is 274 g/mol. The Morgan fingerprint density at radius 1 is 1.00 bits per heavy atom. The predicted octanol–water partition coefficient (Wildman–Crippen LogP) is 3.67. The summed E-state index contributed by atoms with van der Waals surface area (Å²) in [5.41, 5.74) is 0.989. The van der Waals surface area contributed by atoms with Gasteiger partial charge in [-0.15, -0.1) is 0 Å². The summed E-state index contributed by atoms with van der Waals surface area (Å²) in [5, 5.41) is 0. The van der Waals surface area contributed by atoms with E-state index in [9.17, 15) is 0 Å². The van der Waals surface area contributed by atoms with E-state index in [2.05, 4.69) is 31.2 Å². The van der Waals surface area contributed by atoms with E-state index in [-0.39, 0.29) is 5.41 Å². The van der Waals surface area contributed by atoms with Crippen molar-refractivity contribution in [1.29, 1.82) is 0 Å². The molecule has 1 aromatic carbocycles. The second-order valence-corrected chi connectivity index (χ2v) is 5.29. The number of benzene rings is 1. The Morgan fingerprint density at radius 2 is 1.60 bits per heavy atom. The van der Waals surface area contributed by atoms with Gasteiger partial charge in [0.1, 0.15) is 0 Å². The first-order chi connectivity index (χ1) is 9.65. The van der Waals surface area contributed by atoms with Crippen LogP contribution in [0.5, 0.6) is 0 Å². The maximum absolute atomic E-state index is 5.85. The van der Waals surface area contributed by atoms with Crippen molar-refractivity contribution in [3.8, 4) is 0 Å². The van der Waals surface area contributed by atoms with Crippen molar-refractivity contribution >= 4 is 0 Å². The Bertz CT molecular complexity index is 468. The lowest BCUT2D eigenvalue weighted by atomic mass is 9.85. The van der Waals surface area contributed by atoms with E-state index in [1.807, 2.05) is 18.2 Å². The van der Waals surface area contributed by atoms with Gasteiger partial charge in [-0.3, -0.25) is 0 Å². The van der Waals surface area contributed by atoms with Crippen LogP contribution in [0.4, 0.5) is 0 Å². The molecule has 3 heteroatoms. The van der Waals surface area contributed by atoms with Crippen molar-refractivity contribution in [1.82, 2.24) is 0 Å². The van der Waals surface area contributed by atoms with Gasteiger partial charge in [-0.05, 0) is 17.7 Å². The molecule has 0 spiro atoms. The van der Waals surface area contributed by atoms with Gasteiger partial charge in [-0.2, -0.15) is 0 Å². The van der Waals surface area contributed by atoms with E-state index >= 15 is 0 Å². The van der Waals surface area contributed by atoms with Crippen LogP contribution in [0.15, 0.2) is 54.0 Å². The number of methoxy groups -OCH3 is 2. The van der Waals surface area contributed by atoms with Crippen LogP contribution in [0.1, 0.15) is 18.9 Å². The van der Waals surface area contributed by atoms with Crippen molar-refractivity contribution in [3.05, 3.63) is 59.6 Å². The highest BCUT2D eigenvalue weighted by Gasteiger charge is 2.26. The van der Waals surface area contributed by atoms with Crippen LogP contribution in [0.25, 0.3) is 0 Å². The van der Waals surface area contributed by atoms with Crippen molar-refractivity contribution in [2.24, 2.45) is 5.41 Å². The van der Waals surface area contributed by atoms with Crippen LogP contribution in [-0.4, -0.2) is 20.8 Å². The SMILES string of the molecule is COC1=CC(C)(COCc2ccccc2)C=C(OC)C1. The summed E-state index contributed by atoms with van der Waals surface area (Å²) in [4.78, 5) is 0. The Balaban J connectivity index is 1.97. The summed E-state index contributed by atoms with van der Waals surface area (Å²) in [6.45, 7) is 3.33. The van der Waals surface area contributed by atoms with Crippen LogP contribution in [0.2, 0.25) is 0 Å². The topological polar surface area (TPSA) is 27.7 Å². The first-order valence-corrected chi connectivity index (χ1v) is 6.78. The zero-order chi connectivity index (χ0) is 14.4. The molecule has 0 aliphatic heterocycles. The van der Waals surface area contributed by atoms with E-state index in [4.69, 9.17) is 14.2 Å². The Kier molecular flexibility index (Phi) is 4.85. The summed E-state index contributed by atoms with van der Waals surface area (Å²) in [7, 11) is 3.38. The quantitative estimate of drug-likeness (QED) is 0.792. The lowest BCUT2D eigenvalue weighted by molar-refractivity contribution is 0.0758. The molecule has 0 radical (unpaired) electrons. The molecule has 1 aromatic rings. The van der Waals surface area contributed by atoms with Gasteiger partial charge >= 0.3 is 0 Å². The molecule has 0 bridgehead atoms. The van der Waals surface area contributed by atoms with E-state index in [0.29, 0.717) is 19.6 Å². The minimum Gasteiger partial charge on any atom is -0.501 e. The third-order valence-electron chi connectivity index (χ3n) is 3.38. The van der Waals surface area contributed by atoms with Crippen molar-refractivity contribution in [2.45, 2.75) is 20.0 Å². The molecule has 0 atom stereocenters. The minimum atomic E-state index is -0.191. The normalized spacial score (nSPS) is 17.1. The molecule has 0 amide bonds. The Labute approximate surface area is 120 Å². The van der Waals surface area contributed by atoms with Crippen molar-refractivity contribution < 1.29 is 14.2 Å². The van der Waals surface area contributed by atoms with Gasteiger partial charge in [0.2, 0.25) is 0 Å². The average Bonchev–Trinajstić information content (AvgIpc) is 2.47. The lowest BCUT2D eigenvalue weighted by Crippen LogP contribution is -2.23. The first-order valence-electron chi connectivity index (χ1n) is 6.78. The predicted molar refractivity (Wildman–Crippen MR) is 79.0 cm³/mol. The summed E-state index contributed by atoms with van der Waals surface area (Å²) < 4.78 is 16.6. The third-order valence-corrected chi connectivity index (χ3v) is 3.38. The molecule has 1 aliphatic carbocycles. The van der Waals surface area contributed by atoms with Gasteiger partial charge in [0.25, 0.3) is 0 Å². The average molecular weight is 274 g/mol. The summed E-state index contributed by atoms with van der Waals surface area (Å²) >= 11 is 0. The van der Waals surface area contributed by atoms with E-state index in [0.717, 1.165) is 11.5 Å². The highest BCUT2D eigenvalue weighted by molar-refractivity contribution is 5.24. The second kappa shape index (κ2) is 6.62. The number of ether oxygens (including phenoxy) is 3. The van der Waals surface area contributed by atoms with Gasteiger partial charge < -0.3 is 14.2 Å². The molecule has 0 saturated carbocycles. The molecule has 0 fully saturated rings. The standard InChI is InChI=1S/C17H22O3/c1-17(10-15(18-2)9-16(11-17)19-3)13-20-12-14-7-5-4-6-8-14/h4-8,10-11H,9,12-13H2,1-3H3. The molecule has 20 heavy (non-hydrogen) atoms. The fraction of sp³-hybridized carbons (Fsp3) is 0.412. The molecule has 1 aliphatic rings. The fourth-order valence-corrected chi connectivity index (χ4v) is 2.36. The highest BCUT2D eigenvalue weighted by atomic mass is 16.5. The summed E-state index contributed by atoms with van der Waals surface area (Å²) in [5.74, 6) is 1.85. The van der Waals surface area contributed by atoms with Crippen molar-refractivity contribution in [2.75, 3.05) is 20.8 Å². The van der Waals surface area contributed by atoms with Gasteiger partial charge in [0.05, 0.1) is 45.4 Å². The minimum absolute atomic E-state index is 0.191. The third kappa shape index (κ3) is 3.87. The van der Waals surface area contributed by atoms with Crippen LogP contribution in [0, 0.1) is 5.41 Å². The maximum atomic E-state index is 5.85. The molecule has 3 nitrogen and oxygen atoms in total. The Morgan fingerprint density at radius 3 is 2.15 bits per heavy atom. The first kappa shape index (κ1) is 14.7. The van der Waals surface area contributed by atoms with Crippen molar-refractivity contribution in [3.63, 3.8) is 0 Å². The lowest BCUT2D eigenvalue weighted by Gasteiger charge is -2.28. The highest BCUT2D eigenvalue weighted by Crippen LogP contribution is 2.33. The van der Waals surface area contributed by atoms with Gasteiger partial charge in [0, 0.05) is 5.41 Å². The molecule has 0 heterocycles. The van der Waals surface area contributed by atoms with Crippen LogP contribution < -0.4 is 0 Å². The molecule has 0 unspecified atom stereocenters. The summed E-state index contributed by atoms with van der Waals surface area (Å²) in [6.07, 6.45) is 4.93. The molecule has 2 rings (SSSR count). The number of hydrogen-bond donors (Lipinski definition) is 0. The van der Waals surface area contributed by atoms with E-state index in [1.54, 1.807) is 14.2 Å². The summed E-state index contributed by atoms with van der Waals surface area (Å²) in [6, 6.07) is 10.2. The molecule has 0 aromatic heterocycles. The number of hydrogen-bond acceptors (Lipinski definition) is 3. The molecule has 108 valence electrons. The number of rotatable bonds is 6. The van der Waals surface area contributed by atoms with Crippen LogP contribution >= 0.6 is 0 Å². The molecule has 0 saturated heterocycles. The zero-order valence-corrected chi connectivity index (χ0v) is 12.4. The van der Waals surface area contributed by atoms with Gasteiger partial charge in [-0.25, -0.2) is 0 Å². The van der Waals surface area contributed by atoms with E-state index in [1.165, 1.54) is 5.56 Å². The van der Waals surface area contributed by atoms with E-state index < -0.39 is 0 Å². The maximum Gasteiger partial charge on any atom is 0.1000 e. The second-order valence-electron chi connectivity index (χ2n) is 5.29. The Hall–Kier alpha value is -1.74. The van der Waals surface area contributed by atoms with Crippen LogP contribution in [-0.2, 0) is 20.8 Å².